The fourth-order valence-corrected chi connectivity index (χ4v) is 3.91. The molecular formula is C30H33NO9. The van der Waals surface area contributed by atoms with E-state index in [-0.39, 0.29) is 17.2 Å². The van der Waals surface area contributed by atoms with Crippen LogP contribution in [-0.4, -0.2) is 60.8 Å². The van der Waals surface area contributed by atoms with Gasteiger partial charge in [-0.05, 0) is 59.2 Å². The van der Waals surface area contributed by atoms with Crippen LogP contribution >= 0.6 is 0 Å². The van der Waals surface area contributed by atoms with E-state index in [1.807, 2.05) is 6.08 Å². The van der Waals surface area contributed by atoms with Crippen molar-refractivity contribution in [2.24, 2.45) is 0 Å². The number of nitrogens with one attached hydrogen (secondary N) is 1. The molecule has 0 fully saturated rings. The Morgan fingerprint density at radius 3 is 1.35 bits per heavy atom. The lowest BCUT2D eigenvalue weighted by atomic mass is 10.1. The van der Waals surface area contributed by atoms with E-state index >= 15 is 0 Å². The van der Waals surface area contributed by atoms with Crippen LogP contribution < -0.4 is 38.5 Å². The molecule has 0 saturated heterocycles. The molecule has 0 bridgehead atoms. The third-order valence-corrected chi connectivity index (χ3v) is 5.84. The third kappa shape index (κ3) is 6.71. The van der Waals surface area contributed by atoms with Gasteiger partial charge >= 0.3 is 0 Å². The SMILES string of the molecule is COc1cc(/C=C/c2cc(OC)c(OC)c(OC)c2)cc(NC(=O)/C=C/c2cc(OC)c(OC)c(OC)c2)c1O. The predicted molar refractivity (Wildman–Crippen MR) is 153 cm³/mol. The maximum atomic E-state index is 12.8. The highest BCUT2D eigenvalue weighted by Crippen LogP contribution is 2.40. The number of phenols is 1. The van der Waals surface area contributed by atoms with Crippen LogP contribution in [0.3, 0.4) is 0 Å². The predicted octanol–water partition coefficient (Wildman–Crippen LogP) is 5.27. The molecule has 0 heterocycles. The van der Waals surface area contributed by atoms with Crippen molar-refractivity contribution in [2.75, 3.05) is 55.1 Å². The first kappa shape index (κ1) is 29.6. The maximum Gasteiger partial charge on any atom is 0.248 e. The van der Waals surface area contributed by atoms with E-state index in [9.17, 15) is 9.90 Å². The Morgan fingerprint density at radius 2 is 0.950 bits per heavy atom. The van der Waals surface area contributed by atoms with Crippen molar-refractivity contribution in [2.45, 2.75) is 0 Å². The van der Waals surface area contributed by atoms with Crippen LogP contribution in [-0.2, 0) is 4.79 Å². The number of amides is 1. The monoisotopic (exact) mass is 551 g/mol. The number of hydrogen-bond donors (Lipinski definition) is 2. The average molecular weight is 552 g/mol. The minimum absolute atomic E-state index is 0.170. The molecule has 0 spiro atoms. The van der Waals surface area contributed by atoms with Gasteiger partial charge in [0.1, 0.15) is 0 Å². The van der Waals surface area contributed by atoms with Crippen molar-refractivity contribution in [1.29, 1.82) is 0 Å². The number of aromatic hydroxyl groups is 1. The molecule has 3 aromatic rings. The van der Waals surface area contributed by atoms with Crippen molar-refractivity contribution >= 4 is 29.8 Å². The Morgan fingerprint density at radius 1 is 0.575 bits per heavy atom. The molecule has 1 amide bonds. The Balaban J connectivity index is 1.88. The molecule has 0 saturated carbocycles. The standard InChI is InChI=1S/C30H33NO9/c1-34-22-13-18(8-9-19-14-23(35-2)29(39-6)24(15-19)36-3)12-21(28(22)33)31-27(32)11-10-20-16-25(37-4)30(40-7)26(17-20)38-5/h8-17,33H,1-7H3,(H,31,32)/b9-8+,11-10+. The molecule has 40 heavy (non-hydrogen) atoms. The number of rotatable bonds is 12. The lowest BCUT2D eigenvalue weighted by Gasteiger charge is -2.13. The molecule has 0 aromatic heterocycles. The Labute approximate surface area is 233 Å². The summed E-state index contributed by atoms with van der Waals surface area (Å²) in [6, 6.07) is 10.3. The summed E-state index contributed by atoms with van der Waals surface area (Å²) in [6.45, 7) is 0. The van der Waals surface area contributed by atoms with Crippen LogP contribution in [0.2, 0.25) is 0 Å². The van der Waals surface area contributed by atoms with Crippen LogP contribution in [0.25, 0.3) is 18.2 Å². The van der Waals surface area contributed by atoms with Gasteiger partial charge in [0.15, 0.2) is 34.5 Å². The second-order valence-electron chi connectivity index (χ2n) is 8.19. The van der Waals surface area contributed by atoms with Crippen LogP contribution in [0.1, 0.15) is 16.7 Å². The summed E-state index contributed by atoms with van der Waals surface area (Å²) in [5.41, 5.74) is 2.25. The molecule has 3 rings (SSSR count). The van der Waals surface area contributed by atoms with Crippen molar-refractivity contribution in [3.8, 4) is 46.0 Å². The largest absolute Gasteiger partial charge is 0.503 e. The van der Waals surface area contributed by atoms with Crippen molar-refractivity contribution < 1.29 is 43.1 Å². The topological polar surface area (TPSA) is 114 Å². The van der Waals surface area contributed by atoms with E-state index in [1.54, 1.807) is 62.8 Å². The van der Waals surface area contributed by atoms with Crippen LogP contribution in [0.5, 0.6) is 46.0 Å². The summed E-state index contributed by atoms with van der Waals surface area (Å²) < 4.78 is 37.6. The molecule has 0 aliphatic carbocycles. The Hall–Kier alpha value is -4.99. The number of methoxy groups -OCH3 is 7. The maximum absolute atomic E-state index is 12.8. The van der Waals surface area contributed by atoms with E-state index in [4.69, 9.17) is 33.2 Å². The summed E-state index contributed by atoms with van der Waals surface area (Å²) in [7, 11) is 10.6. The second-order valence-corrected chi connectivity index (χ2v) is 8.19. The van der Waals surface area contributed by atoms with E-state index < -0.39 is 5.91 Å². The molecule has 212 valence electrons. The number of carbonyl (C=O) groups excluding carboxylic acids is 1. The summed E-state index contributed by atoms with van der Waals surface area (Å²) in [4.78, 5) is 12.8. The quantitative estimate of drug-likeness (QED) is 0.176. The Kier molecular flexibility index (Phi) is 10.1. The molecular weight excluding hydrogens is 518 g/mol. The molecule has 2 N–H and O–H groups in total. The number of benzene rings is 3. The minimum atomic E-state index is -0.475. The zero-order chi connectivity index (χ0) is 29.2. The van der Waals surface area contributed by atoms with Gasteiger partial charge in [0.05, 0.1) is 55.5 Å². The lowest BCUT2D eigenvalue weighted by molar-refractivity contribution is -0.111. The van der Waals surface area contributed by atoms with Gasteiger partial charge < -0.3 is 43.6 Å². The highest BCUT2D eigenvalue weighted by Gasteiger charge is 2.15. The van der Waals surface area contributed by atoms with Gasteiger partial charge in [0.2, 0.25) is 17.4 Å². The smallest absolute Gasteiger partial charge is 0.248 e. The van der Waals surface area contributed by atoms with Crippen molar-refractivity contribution in [1.82, 2.24) is 0 Å². The number of hydrogen-bond acceptors (Lipinski definition) is 9. The van der Waals surface area contributed by atoms with Gasteiger partial charge in [0, 0.05) is 6.08 Å². The number of ether oxygens (including phenoxy) is 7. The zero-order valence-corrected chi connectivity index (χ0v) is 23.5. The molecule has 0 radical (unpaired) electrons. The zero-order valence-electron chi connectivity index (χ0n) is 23.5. The molecule has 0 aliphatic rings. The average Bonchev–Trinajstić information content (AvgIpc) is 2.98. The van der Waals surface area contributed by atoms with Gasteiger partial charge in [-0.25, -0.2) is 0 Å². The summed E-state index contributed by atoms with van der Waals surface area (Å²) >= 11 is 0. The summed E-state index contributed by atoms with van der Waals surface area (Å²) in [5.74, 6) is 2.37. The number of phenolic OH excluding ortho intramolecular Hbond substituents is 1. The van der Waals surface area contributed by atoms with E-state index in [0.717, 1.165) is 5.56 Å². The van der Waals surface area contributed by atoms with Gasteiger partial charge in [-0.3, -0.25) is 4.79 Å². The summed E-state index contributed by atoms with van der Waals surface area (Å²) in [6.07, 6.45) is 6.53. The summed E-state index contributed by atoms with van der Waals surface area (Å²) in [5, 5.41) is 13.3. The fraction of sp³-hybridized carbons (Fsp3) is 0.233. The molecule has 0 aliphatic heterocycles. The van der Waals surface area contributed by atoms with Gasteiger partial charge in [-0.15, -0.1) is 0 Å². The molecule has 10 nitrogen and oxygen atoms in total. The van der Waals surface area contributed by atoms with Crippen molar-refractivity contribution in [3.05, 3.63) is 59.2 Å². The first-order valence-corrected chi connectivity index (χ1v) is 12.0. The first-order chi connectivity index (χ1) is 19.3. The minimum Gasteiger partial charge on any atom is -0.503 e. The highest BCUT2D eigenvalue weighted by atomic mass is 16.5. The van der Waals surface area contributed by atoms with E-state index in [1.165, 1.54) is 41.6 Å². The van der Waals surface area contributed by atoms with Crippen LogP contribution in [0.4, 0.5) is 5.69 Å². The highest BCUT2D eigenvalue weighted by molar-refractivity contribution is 6.03. The molecule has 10 heteroatoms. The third-order valence-electron chi connectivity index (χ3n) is 5.84. The Bertz CT molecular complexity index is 1360. The lowest BCUT2D eigenvalue weighted by Crippen LogP contribution is -2.08. The second kappa shape index (κ2) is 13.7. The normalized spacial score (nSPS) is 10.9. The van der Waals surface area contributed by atoms with Crippen LogP contribution in [0.15, 0.2) is 42.5 Å². The van der Waals surface area contributed by atoms with Crippen LogP contribution in [0, 0.1) is 0 Å². The van der Waals surface area contributed by atoms with Crippen molar-refractivity contribution in [3.63, 3.8) is 0 Å². The van der Waals surface area contributed by atoms with Gasteiger partial charge in [-0.2, -0.15) is 0 Å². The molecule has 3 aromatic carbocycles. The van der Waals surface area contributed by atoms with Gasteiger partial charge in [-0.1, -0.05) is 12.2 Å². The first-order valence-electron chi connectivity index (χ1n) is 12.0. The molecule has 0 atom stereocenters. The number of carbonyl (C=O) groups is 1. The van der Waals surface area contributed by atoms with E-state index in [0.29, 0.717) is 45.6 Å². The van der Waals surface area contributed by atoms with E-state index in [2.05, 4.69) is 5.32 Å². The van der Waals surface area contributed by atoms with Gasteiger partial charge in [0.25, 0.3) is 0 Å². The number of anilines is 1. The molecule has 0 unspecified atom stereocenters. The fourth-order valence-electron chi connectivity index (χ4n) is 3.91.